The van der Waals surface area contributed by atoms with E-state index >= 15 is 0 Å². The minimum absolute atomic E-state index is 0.105. The second kappa shape index (κ2) is 10.4. The highest BCUT2D eigenvalue weighted by Gasteiger charge is 2.20. The van der Waals surface area contributed by atoms with Gasteiger partial charge in [-0.1, -0.05) is 12.1 Å². The van der Waals surface area contributed by atoms with Crippen molar-refractivity contribution in [3.05, 3.63) is 59.2 Å². The lowest BCUT2D eigenvalue weighted by Crippen LogP contribution is -2.09. The van der Waals surface area contributed by atoms with Gasteiger partial charge in [-0.05, 0) is 23.8 Å². The fourth-order valence-corrected chi connectivity index (χ4v) is 2.27. The molecule has 2 aromatic carbocycles. The molecule has 0 unspecified atom stereocenters. The summed E-state index contributed by atoms with van der Waals surface area (Å²) >= 11 is 0. The van der Waals surface area contributed by atoms with Crippen molar-refractivity contribution >= 4 is 11.9 Å². The Morgan fingerprint density at radius 1 is 0.929 bits per heavy atom. The van der Waals surface area contributed by atoms with Crippen LogP contribution in [0.15, 0.2) is 36.4 Å². The monoisotopic (exact) mass is 394 g/mol. The van der Waals surface area contributed by atoms with Gasteiger partial charge in [-0.25, -0.2) is 8.78 Å². The summed E-state index contributed by atoms with van der Waals surface area (Å²) in [6.07, 6.45) is 2.56. The number of halogens is 2. The molecule has 0 amide bonds. The summed E-state index contributed by atoms with van der Waals surface area (Å²) in [5, 5.41) is 0. The van der Waals surface area contributed by atoms with E-state index in [0.717, 1.165) is 12.1 Å². The van der Waals surface area contributed by atoms with Crippen LogP contribution in [0.1, 0.15) is 15.9 Å². The Hall–Kier alpha value is -2.97. The predicted molar refractivity (Wildman–Crippen MR) is 97.7 cm³/mol. The summed E-state index contributed by atoms with van der Waals surface area (Å²) in [5.41, 5.74) is 0.424. The first-order chi connectivity index (χ1) is 13.5. The number of allylic oxidation sites excluding steroid dienone is 1. The quantitative estimate of drug-likeness (QED) is 0.347. The van der Waals surface area contributed by atoms with Gasteiger partial charge in [0.25, 0.3) is 0 Å². The summed E-state index contributed by atoms with van der Waals surface area (Å²) in [6.45, 7) is -0.214. The van der Waals surface area contributed by atoms with Crippen LogP contribution >= 0.6 is 0 Å². The molecular weight excluding hydrogens is 374 g/mol. The van der Waals surface area contributed by atoms with Crippen molar-refractivity contribution in [3.63, 3.8) is 0 Å². The first-order valence-corrected chi connectivity index (χ1v) is 8.13. The lowest BCUT2D eigenvalue weighted by molar-refractivity contribution is 0.0444. The largest absolute Gasteiger partial charge is 0.496 e. The third-order valence-electron chi connectivity index (χ3n) is 3.56. The van der Waals surface area contributed by atoms with Crippen molar-refractivity contribution in [1.29, 1.82) is 0 Å². The number of carbonyl (C=O) groups is 1. The summed E-state index contributed by atoms with van der Waals surface area (Å²) in [4.78, 5) is 12.8. The molecule has 0 heterocycles. The van der Waals surface area contributed by atoms with Gasteiger partial charge in [0, 0.05) is 26.4 Å². The maximum atomic E-state index is 13.3. The predicted octanol–water partition coefficient (Wildman–Crippen LogP) is 3.83. The van der Waals surface area contributed by atoms with E-state index in [0.29, 0.717) is 11.3 Å². The summed E-state index contributed by atoms with van der Waals surface area (Å²) in [6, 6.07) is 6.33. The van der Waals surface area contributed by atoms with Crippen LogP contribution in [-0.4, -0.2) is 40.7 Å². The number of ketones is 1. The van der Waals surface area contributed by atoms with Crippen molar-refractivity contribution < 1.29 is 37.3 Å². The Kier molecular flexibility index (Phi) is 7.91. The number of benzene rings is 2. The highest BCUT2D eigenvalue weighted by molar-refractivity contribution is 6.10. The van der Waals surface area contributed by atoms with Crippen LogP contribution in [0.5, 0.6) is 17.2 Å². The molecule has 2 rings (SSSR count). The van der Waals surface area contributed by atoms with E-state index in [2.05, 4.69) is 0 Å². The third kappa shape index (κ3) is 5.51. The van der Waals surface area contributed by atoms with Gasteiger partial charge in [0.1, 0.15) is 22.8 Å². The van der Waals surface area contributed by atoms with E-state index in [1.165, 1.54) is 51.7 Å². The molecule has 0 atom stereocenters. The molecule has 0 aliphatic heterocycles. The van der Waals surface area contributed by atoms with Crippen molar-refractivity contribution in [1.82, 2.24) is 0 Å². The van der Waals surface area contributed by atoms with Crippen molar-refractivity contribution in [2.75, 3.05) is 34.9 Å². The van der Waals surface area contributed by atoms with Gasteiger partial charge in [-0.2, -0.15) is 0 Å². The van der Waals surface area contributed by atoms with Gasteiger partial charge in [0.05, 0.1) is 7.11 Å². The lowest BCUT2D eigenvalue weighted by atomic mass is 10.1. The van der Waals surface area contributed by atoms with Crippen LogP contribution in [0.25, 0.3) is 6.08 Å². The molecule has 8 heteroatoms. The highest BCUT2D eigenvalue weighted by Crippen LogP contribution is 2.35. The van der Waals surface area contributed by atoms with Crippen molar-refractivity contribution in [3.8, 4) is 17.2 Å². The Labute approximate surface area is 161 Å². The smallest absolute Gasteiger partial charge is 0.193 e. The number of hydrogen-bond donors (Lipinski definition) is 0. The maximum absolute atomic E-state index is 13.3. The topological polar surface area (TPSA) is 63.2 Å². The molecule has 0 saturated heterocycles. The molecule has 0 fully saturated rings. The average Bonchev–Trinajstić information content (AvgIpc) is 2.70. The van der Waals surface area contributed by atoms with E-state index < -0.39 is 17.4 Å². The van der Waals surface area contributed by atoms with Crippen LogP contribution in [0.2, 0.25) is 0 Å². The molecule has 0 aliphatic rings. The molecule has 0 radical (unpaired) electrons. The van der Waals surface area contributed by atoms with E-state index in [4.69, 9.17) is 23.7 Å². The highest BCUT2D eigenvalue weighted by atomic mass is 19.2. The SMILES string of the molecule is COCOc1cc(OC)cc(OCOC)c1C(=O)/C=C/c1ccc(F)c(F)c1. The minimum Gasteiger partial charge on any atom is -0.496 e. The number of hydrogen-bond acceptors (Lipinski definition) is 6. The molecule has 0 bridgehead atoms. The van der Waals surface area contributed by atoms with Gasteiger partial charge < -0.3 is 23.7 Å². The number of carbonyl (C=O) groups excluding carboxylic acids is 1. The Morgan fingerprint density at radius 3 is 2.04 bits per heavy atom. The van der Waals surface area contributed by atoms with E-state index in [1.807, 2.05) is 0 Å². The Balaban J connectivity index is 2.41. The second-order valence-electron chi connectivity index (χ2n) is 5.47. The zero-order valence-corrected chi connectivity index (χ0v) is 15.7. The first-order valence-electron chi connectivity index (χ1n) is 8.13. The minimum atomic E-state index is -1.01. The molecule has 6 nitrogen and oxygen atoms in total. The second-order valence-corrected chi connectivity index (χ2v) is 5.47. The van der Waals surface area contributed by atoms with Crippen LogP contribution in [0.4, 0.5) is 8.78 Å². The van der Waals surface area contributed by atoms with Gasteiger partial charge in [0.15, 0.2) is 31.0 Å². The maximum Gasteiger partial charge on any atom is 0.193 e. The Bertz CT molecular complexity index is 822. The number of methoxy groups -OCH3 is 3. The zero-order valence-electron chi connectivity index (χ0n) is 15.7. The number of ether oxygens (including phenoxy) is 5. The normalized spacial score (nSPS) is 10.9. The summed E-state index contributed by atoms with van der Waals surface area (Å²) < 4.78 is 52.3. The summed E-state index contributed by atoms with van der Waals surface area (Å²) in [7, 11) is 4.33. The van der Waals surface area contributed by atoms with Gasteiger partial charge >= 0.3 is 0 Å². The van der Waals surface area contributed by atoms with Crippen LogP contribution in [0, 0.1) is 11.6 Å². The number of rotatable bonds is 10. The lowest BCUT2D eigenvalue weighted by Gasteiger charge is -2.15. The van der Waals surface area contributed by atoms with Crippen molar-refractivity contribution in [2.45, 2.75) is 0 Å². The molecule has 0 aliphatic carbocycles. The van der Waals surface area contributed by atoms with E-state index in [-0.39, 0.29) is 30.6 Å². The molecule has 150 valence electrons. The molecular formula is C20H20F2O6. The fraction of sp³-hybridized carbons (Fsp3) is 0.250. The van der Waals surface area contributed by atoms with Crippen LogP contribution in [0.3, 0.4) is 0 Å². The zero-order chi connectivity index (χ0) is 20.5. The standard InChI is InChI=1S/C20H20F2O6/c1-24-11-27-18-9-14(26-3)10-19(28-12-25-2)20(18)17(23)7-5-13-4-6-15(21)16(22)8-13/h4-10H,11-12H2,1-3H3/b7-5+. The van der Waals surface area contributed by atoms with E-state index in [1.54, 1.807) is 0 Å². The molecule has 2 aromatic rings. The van der Waals surface area contributed by atoms with Gasteiger partial charge in [-0.3, -0.25) is 4.79 Å². The van der Waals surface area contributed by atoms with Crippen molar-refractivity contribution in [2.24, 2.45) is 0 Å². The molecule has 0 aromatic heterocycles. The van der Waals surface area contributed by atoms with E-state index in [9.17, 15) is 13.6 Å². The third-order valence-corrected chi connectivity index (χ3v) is 3.56. The van der Waals surface area contributed by atoms with Gasteiger partial charge in [-0.15, -0.1) is 0 Å². The van der Waals surface area contributed by atoms with Crippen LogP contribution < -0.4 is 14.2 Å². The fourth-order valence-electron chi connectivity index (χ4n) is 2.27. The van der Waals surface area contributed by atoms with Crippen LogP contribution in [-0.2, 0) is 9.47 Å². The molecule has 0 spiro atoms. The average molecular weight is 394 g/mol. The summed E-state index contributed by atoms with van der Waals surface area (Å²) in [5.74, 6) is -1.71. The Morgan fingerprint density at radius 2 is 1.54 bits per heavy atom. The molecule has 0 N–H and O–H groups in total. The van der Waals surface area contributed by atoms with Gasteiger partial charge in [0.2, 0.25) is 0 Å². The molecule has 0 saturated carbocycles. The molecule has 28 heavy (non-hydrogen) atoms. The first kappa shape index (κ1) is 21.3.